The summed E-state index contributed by atoms with van der Waals surface area (Å²) in [5.41, 5.74) is 6.55. The molecule has 158 valence electrons. The molecule has 4 rings (SSSR count). The van der Waals surface area contributed by atoms with Crippen LogP contribution in [0.25, 0.3) is 11.6 Å². The third-order valence-electron chi connectivity index (χ3n) is 5.98. The fourth-order valence-electron chi connectivity index (χ4n) is 4.14. The van der Waals surface area contributed by atoms with Crippen molar-refractivity contribution < 1.29 is 9.53 Å². The van der Waals surface area contributed by atoms with Gasteiger partial charge in [0.25, 0.3) is 5.91 Å². The van der Waals surface area contributed by atoms with E-state index in [1.165, 1.54) is 30.4 Å². The van der Waals surface area contributed by atoms with Crippen LogP contribution in [0.2, 0.25) is 0 Å². The summed E-state index contributed by atoms with van der Waals surface area (Å²) in [4.78, 5) is 13.3. The van der Waals surface area contributed by atoms with Crippen LogP contribution in [0.15, 0.2) is 72.8 Å². The minimum atomic E-state index is -0.0766. The van der Waals surface area contributed by atoms with Gasteiger partial charge in [0.1, 0.15) is 5.75 Å². The zero-order valence-electron chi connectivity index (χ0n) is 18.2. The van der Waals surface area contributed by atoms with E-state index in [9.17, 15) is 4.79 Å². The molecule has 0 radical (unpaired) electrons. The predicted molar refractivity (Wildman–Crippen MR) is 127 cm³/mol. The molecule has 0 aromatic heterocycles. The minimum Gasteiger partial charge on any atom is -0.497 e. The van der Waals surface area contributed by atoms with E-state index < -0.39 is 0 Å². The number of rotatable bonds is 6. The molecule has 1 atom stereocenters. The van der Waals surface area contributed by atoms with Gasteiger partial charge in [-0.3, -0.25) is 4.79 Å². The van der Waals surface area contributed by atoms with Gasteiger partial charge >= 0.3 is 0 Å². The van der Waals surface area contributed by atoms with E-state index in [1.807, 2.05) is 60.7 Å². The van der Waals surface area contributed by atoms with E-state index in [4.69, 9.17) is 4.74 Å². The molecule has 0 saturated heterocycles. The van der Waals surface area contributed by atoms with E-state index in [0.717, 1.165) is 28.9 Å². The first-order valence-electron chi connectivity index (χ1n) is 11.0. The number of amides is 1. The Morgan fingerprint density at radius 3 is 2.35 bits per heavy atom. The summed E-state index contributed by atoms with van der Waals surface area (Å²) in [5, 5.41) is 3.21. The lowest BCUT2D eigenvalue weighted by molar-refractivity contribution is -0.116. The van der Waals surface area contributed by atoms with Gasteiger partial charge in [-0.15, -0.1) is 0 Å². The summed E-state index contributed by atoms with van der Waals surface area (Å²) in [7, 11) is 1.65. The van der Waals surface area contributed by atoms with Gasteiger partial charge < -0.3 is 10.1 Å². The van der Waals surface area contributed by atoms with Crippen molar-refractivity contribution in [2.24, 2.45) is 0 Å². The summed E-state index contributed by atoms with van der Waals surface area (Å²) in [6, 6.07) is 24.1. The van der Waals surface area contributed by atoms with Crippen molar-refractivity contribution in [2.75, 3.05) is 7.11 Å². The molecule has 1 amide bonds. The fourth-order valence-corrected chi connectivity index (χ4v) is 4.14. The molecular weight excluding hydrogens is 382 g/mol. The third kappa shape index (κ3) is 5.05. The molecule has 0 heterocycles. The van der Waals surface area contributed by atoms with Crippen LogP contribution in [-0.2, 0) is 17.6 Å². The number of carbonyl (C=O) groups excluding carboxylic acids is 1. The van der Waals surface area contributed by atoms with Crippen LogP contribution in [0.5, 0.6) is 5.75 Å². The first-order valence-corrected chi connectivity index (χ1v) is 11.0. The molecule has 3 aromatic rings. The molecule has 1 aliphatic rings. The Kier molecular flexibility index (Phi) is 6.51. The number of aryl methyl sites for hydroxylation is 2. The lowest BCUT2D eigenvalue weighted by atomic mass is 9.89. The molecule has 1 aliphatic carbocycles. The van der Waals surface area contributed by atoms with E-state index in [1.54, 1.807) is 7.11 Å². The summed E-state index contributed by atoms with van der Waals surface area (Å²) in [6.45, 7) is 2.05. The molecule has 1 N–H and O–H groups in total. The van der Waals surface area contributed by atoms with Crippen LogP contribution in [0.4, 0.5) is 0 Å². The van der Waals surface area contributed by atoms with Crippen LogP contribution in [0.1, 0.15) is 53.6 Å². The van der Waals surface area contributed by atoms with Gasteiger partial charge in [-0.25, -0.2) is 0 Å². The highest BCUT2D eigenvalue weighted by atomic mass is 16.5. The molecule has 31 heavy (non-hydrogen) atoms. The number of fused-ring (bicyclic) bond motifs is 1. The molecule has 0 saturated carbocycles. The van der Waals surface area contributed by atoms with Crippen LogP contribution in [-0.4, -0.2) is 13.0 Å². The maximum atomic E-state index is 13.3. The average Bonchev–Trinajstić information content (AvgIpc) is 2.83. The minimum absolute atomic E-state index is 0.0669. The van der Waals surface area contributed by atoms with Crippen LogP contribution in [0.3, 0.4) is 0 Å². The summed E-state index contributed by atoms with van der Waals surface area (Å²) in [5.74, 6) is 0.719. The second-order valence-electron chi connectivity index (χ2n) is 8.13. The second-order valence-corrected chi connectivity index (χ2v) is 8.13. The van der Waals surface area contributed by atoms with E-state index in [-0.39, 0.29) is 11.9 Å². The molecule has 0 spiro atoms. The van der Waals surface area contributed by atoms with Gasteiger partial charge in [-0.05, 0) is 78.6 Å². The number of carbonyl (C=O) groups is 1. The van der Waals surface area contributed by atoms with Crippen molar-refractivity contribution in [3.63, 3.8) is 0 Å². The van der Waals surface area contributed by atoms with Crippen molar-refractivity contribution in [3.05, 3.63) is 101 Å². The number of benzene rings is 3. The van der Waals surface area contributed by atoms with Crippen molar-refractivity contribution in [1.29, 1.82) is 0 Å². The van der Waals surface area contributed by atoms with Crippen molar-refractivity contribution >= 4 is 17.6 Å². The first-order chi connectivity index (χ1) is 15.1. The monoisotopic (exact) mass is 411 g/mol. The Hall–Kier alpha value is -3.33. The summed E-state index contributed by atoms with van der Waals surface area (Å²) < 4.78 is 5.25. The van der Waals surface area contributed by atoms with Crippen LogP contribution >= 0.6 is 0 Å². The van der Waals surface area contributed by atoms with Crippen molar-refractivity contribution in [3.8, 4) is 5.75 Å². The second kappa shape index (κ2) is 9.65. The lowest BCUT2D eigenvalue weighted by Crippen LogP contribution is -2.27. The number of methoxy groups -OCH3 is 1. The van der Waals surface area contributed by atoms with Crippen LogP contribution < -0.4 is 10.1 Å². The maximum Gasteiger partial charge on any atom is 0.252 e. The zero-order chi connectivity index (χ0) is 21.6. The number of hydrogen-bond acceptors (Lipinski definition) is 2. The topological polar surface area (TPSA) is 38.3 Å². The predicted octanol–water partition coefficient (Wildman–Crippen LogP) is 5.99. The molecule has 3 heteroatoms. The standard InChI is InChI=1S/C28H29NO2/c1-20(24-15-14-22-8-6-7-11-25(22)19-24)29-28(30)27(23-9-4-3-5-10-23)18-21-12-16-26(31-2)17-13-21/h3-5,9-10,12-20H,6-8,11H2,1-2H3,(H,29,30)/b27-18+. The third-order valence-corrected chi connectivity index (χ3v) is 5.98. The highest BCUT2D eigenvalue weighted by Gasteiger charge is 2.17. The van der Waals surface area contributed by atoms with Crippen LogP contribution in [0, 0.1) is 0 Å². The van der Waals surface area contributed by atoms with Gasteiger partial charge in [-0.2, -0.15) is 0 Å². The number of ether oxygens (including phenoxy) is 1. The zero-order valence-corrected chi connectivity index (χ0v) is 18.2. The maximum absolute atomic E-state index is 13.3. The van der Waals surface area contributed by atoms with Gasteiger partial charge in [0.15, 0.2) is 0 Å². The fraction of sp³-hybridized carbons (Fsp3) is 0.250. The highest BCUT2D eigenvalue weighted by molar-refractivity contribution is 6.24. The molecule has 3 aromatic carbocycles. The molecule has 0 bridgehead atoms. The molecule has 3 nitrogen and oxygen atoms in total. The molecule has 0 fully saturated rings. The quantitative estimate of drug-likeness (QED) is 0.399. The molecular formula is C28H29NO2. The van der Waals surface area contributed by atoms with Crippen molar-refractivity contribution in [2.45, 2.75) is 38.6 Å². The van der Waals surface area contributed by atoms with Gasteiger partial charge in [0, 0.05) is 5.57 Å². The first kappa shape index (κ1) is 20.9. The Morgan fingerprint density at radius 1 is 0.935 bits per heavy atom. The number of hydrogen-bond donors (Lipinski definition) is 1. The van der Waals surface area contributed by atoms with E-state index in [2.05, 4.69) is 30.4 Å². The lowest BCUT2D eigenvalue weighted by Gasteiger charge is -2.20. The molecule has 0 aliphatic heterocycles. The van der Waals surface area contributed by atoms with Gasteiger partial charge in [-0.1, -0.05) is 60.7 Å². The summed E-state index contributed by atoms with van der Waals surface area (Å²) in [6.07, 6.45) is 6.76. The normalized spacial score (nSPS) is 14.5. The SMILES string of the molecule is COc1ccc(/C=C(/C(=O)NC(C)c2ccc3c(c2)CCCC3)c2ccccc2)cc1. The Morgan fingerprint density at radius 2 is 1.65 bits per heavy atom. The Bertz CT molecular complexity index is 1070. The molecule has 1 unspecified atom stereocenters. The largest absolute Gasteiger partial charge is 0.497 e. The van der Waals surface area contributed by atoms with E-state index >= 15 is 0 Å². The number of nitrogens with one attached hydrogen (secondary N) is 1. The van der Waals surface area contributed by atoms with Crippen molar-refractivity contribution in [1.82, 2.24) is 5.32 Å². The average molecular weight is 412 g/mol. The van der Waals surface area contributed by atoms with Gasteiger partial charge in [0.05, 0.1) is 13.2 Å². The Balaban J connectivity index is 1.59. The summed E-state index contributed by atoms with van der Waals surface area (Å²) >= 11 is 0. The van der Waals surface area contributed by atoms with Gasteiger partial charge in [0.2, 0.25) is 0 Å². The highest BCUT2D eigenvalue weighted by Crippen LogP contribution is 2.26. The Labute approximate surface area is 184 Å². The van der Waals surface area contributed by atoms with E-state index in [0.29, 0.717) is 5.57 Å². The smallest absolute Gasteiger partial charge is 0.252 e.